The summed E-state index contributed by atoms with van der Waals surface area (Å²) in [5.74, 6) is -0.452. The van der Waals surface area contributed by atoms with E-state index in [4.69, 9.17) is 9.47 Å². The SMILES string of the molecule is C[C@@H]1CC[C@]2(C(=O)O)CC[C@]3(C)C(=CC[C@@H]4[C@@]5(C)CC[C@H](O[C@@H]6O[C@H](CO)[C@H](O)[C@H](O)[C@H]6O)C(C)(C)[C@@H]5CC[C@]43C)[C@@H]2[C@]1(C)O. The highest BCUT2D eigenvalue weighted by Crippen LogP contribution is 2.76. The van der Waals surface area contributed by atoms with Crippen molar-refractivity contribution < 1.29 is 44.9 Å². The summed E-state index contributed by atoms with van der Waals surface area (Å²) in [5.41, 5.74) is -1.41. The summed E-state index contributed by atoms with van der Waals surface area (Å²) < 4.78 is 12.2. The van der Waals surface area contributed by atoms with Gasteiger partial charge < -0.3 is 40.1 Å². The molecule has 1 saturated heterocycles. The highest BCUT2D eigenvalue weighted by Gasteiger charge is 2.71. The van der Waals surface area contributed by atoms with Crippen LogP contribution >= 0.6 is 0 Å². The molecule has 15 atom stereocenters. The van der Waals surface area contributed by atoms with Crippen molar-refractivity contribution in [3.63, 3.8) is 0 Å². The van der Waals surface area contributed by atoms with Crippen molar-refractivity contribution in [2.24, 2.45) is 50.7 Å². The van der Waals surface area contributed by atoms with E-state index in [2.05, 4.69) is 47.6 Å². The van der Waals surface area contributed by atoms with Gasteiger partial charge in [-0.25, -0.2) is 0 Å². The van der Waals surface area contributed by atoms with Gasteiger partial charge in [0.05, 0.1) is 23.7 Å². The first-order valence-electron chi connectivity index (χ1n) is 17.4. The van der Waals surface area contributed by atoms with Crippen molar-refractivity contribution in [2.75, 3.05) is 6.61 Å². The van der Waals surface area contributed by atoms with Crippen LogP contribution in [0, 0.1) is 50.7 Å². The lowest BCUT2D eigenvalue weighted by Crippen LogP contribution is -2.68. The molecular weight excluding hydrogens is 576 g/mol. The maximum atomic E-state index is 13.0. The number of rotatable bonds is 4. The summed E-state index contributed by atoms with van der Waals surface area (Å²) in [6.07, 6.45) is 2.86. The van der Waals surface area contributed by atoms with Crippen molar-refractivity contribution in [3.8, 4) is 0 Å². The molecule has 6 rings (SSSR count). The summed E-state index contributed by atoms with van der Waals surface area (Å²) in [6, 6.07) is 0. The molecule has 1 heterocycles. The van der Waals surface area contributed by atoms with Crippen LogP contribution in [-0.4, -0.2) is 85.6 Å². The third-order valence-corrected chi connectivity index (χ3v) is 15.6. The zero-order valence-corrected chi connectivity index (χ0v) is 28.3. The van der Waals surface area contributed by atoms with E-state index in [0.717, 1.165) is 44.9 Å². The summed E-state index contributed by atoms with van der Waals surface area (Å²) >= 11 is 0. The van der Waals surface area contributed by atoms with Crippen molar-refractivity contribution >= 4 is 5.97 Å². The number of aliphatic hydroxyl groups is 5. The lowest BCUT2D eigenvalue weighted by molar-refractivity contribution is -0.330. The van der Waals surface area contributed by atoms with Crippen molar-refractivity contribution in [1.82, 2.24) is 0 Å². The summed E-state index contributed by atoms with van der Waals surface area (Å²) in [7, 11) is 0. The van der Waals surface area contributed by atoms with Gasteiger partial charge in [-0.15, -0.1) is 0 Å². The average molecular weight is 635 g/mol. The fraction of sp³-hybridized carbons (Fsp3) is 0.917. The van der Waals surface area contributed by atoms with Crippen LogP contribution in [0.3, 0.4) is 0 Å². The molecule has 45 heavy (non-hydrogen) atoms. The molecule has 9 heteroatoms. The van der Waals surface area contributed by atoms with Gasteiger partial charge in [-0.3, -0.25) is 4.79 Å². The lowest BCUT2D eigenvalue weighted by Gasteiger charge is -2.72. The Morgan fingerprint density at radius 2 is 1.60 bits per heavy atom. The zero-order valence-electron chi connectivity index (χ0n) is 28.3. The Morgan fingerprint density at radius 3 is 2.24 bits per heavy atom. The van der Waals surface area contributed by atoms with Gasteiger partial charge in [-0.05, 0) is 104 Å². The third-order valence-electron chi connectivity index (χ3n) is 15.6. The highest BCUT2D eigenvalue weighted by molar-refractivity contribution is 5.77. The Kier molecular flexibility index (Phi) is 8.05. The topological polar surface area (TPSA) is 157 Å². The van der Waals surface area contributed by atoms with Gasteiger partial charge in [-0.2, -0.15) is 0 Å². The van der Waals surface area contributed by atoms with Crippen LogP contribution in [0.2, 0.25) is 0 Å². The van der Waals surface area contributed by atoms with Crippen LogP contribution in [-0.2, 0) is 14.3 Å². The molecule has 0 amide bonds. The van der Waals surface area contributed by atoms with Gasteiger partial charge in [-0.1, -0.05) is 53.2 Å². The zero-order chi connectivity index (χ0) is 33.1. The number of carboxylic acids is 1. The van der Waals surface area contributed by atoms with Gasteiger partial charge in [0.15, 0.2) is 6.29 Å². The Bertz CT molecular complexity index is 1210. The Labute approximate surface area is 268 Å². The van der Waals surface area contributed by atoms with Gasteiger partial charge in [0.1, 0.15) is 24.4 Å². The van der Waals surface area contributed by atoms with Crippen LogP contribution in [0.4, 0.5) is 0 Å². The predicted molar refractivity (Wildman–Crippen MR) is 167 cm³/mol. The molecule has 0 bridgehead atoms. The third kappa shape index (κ3) is 4.39. The number of aliphatic carboxylic acids is 1. The molecule has 0 aromatic heterocycles. The first-order chi connectivity index (χ1) is 20.8. The number of hydrogen-bond acceptors (Lipinski definition) is 8. The summed E-state index contributed by atoms with van der Waals surface area (Å²) in [6.45, 7) is 15.2. The predicted octanol–water partition coefficient (Wildman–Crippen LogP) is 4.03. The smallest absolute Gasteiger partial charge is 0.310 e. The normalized spacial score (nSPS) is 55.8. The van der Waals surface area contributed by atoms with E-state index >= 15 is 0 Å². The van der Waals surface area contributed by atoms with Crippen LogP contribution in [0.5, 0.6) is 0 Å². The number of fused-ring (bicyclic) bond motifs is 7. The van der Waals surface area contributed by atoms with Crippen LogP contribution in [0.25, 0.3) is 0 Å². The molecule has 256 valence electrons. The number of ether oxygens (including phenoxy) is 2. The molecule has 6 N–H and O–H groups in total. The second kappa shape index (κ2) is 10.7. The monoisotopic (exact) mass is 634 g/mol. The first-order valence-corrected chi connectivity index (χ1v) is 17.4. The van der Waals surface area contributed by atoms with Gasteiger partial charge in [0.25, 0.3) is 0 Å². The molecule has 5 aliphatic carbocycles. The van der Waals surface area contributed by atoms with Crippen molar-refractivity contribution in [2.45, 2.75) is 149 Å². The first kappa shape index (κ1) is 33.8. The highest BCUT2D eigenvalue weighted by atomic mass is 16.7. The standard InChI is InChI=1S/C36H58O9/c1-19-10-15-36(30(41)42)17-16-33(5)20(28(36)35(19,7)43)8-9-23-32(4)13-12-24(31(2,3)22(32)11-14-34(23,33)6)45-29-27(40)26(39)25(38)21(18-37)44-29/h8,19,21-29,37-40,43H,9-18H2,1-7H3,(H,41,42)/t19-,21-,22+,23-,24+,25+,26+,27-,28-,29+,32+,33-,34-,35-,36+/m1/s1. The quantitative estimate of drug-likeness (QED) is 0.199. The number of carboxylic acid groups (broad SMARTS) is 1. The molecule has 0 radical (unpaired) electrons. The fourth-order valence-corrected chi connectivity index (χ4v) is 12.4. The van der Waals surface area contributed by atoms with Crippen LogP contribution in [0.1, 0.15) is 106 Å². The molecule has 0 aromatic carbocycles. The lowest BCUT2D eigenvalue weighted by atomic mass is 9.33. The van der Waals surface area contributed by atoms with E-state index < -0.39 is 60.2 Å². The molecule has 1 aliphatic heterocycles. The number of allylic oxidation sites excluding steroid dienone is 1. The van der Waals surface area contributed by atoms with E-state index in [1.54, 1.807) is 0 Å². The number of hydrogen-bond donors (Lipinski definition) is 6. The Balaban J connectivity index is 1.31. The summed E-state index contributed by atoms with van der Waals surface area (Å²) in [4.78, 5) is 13.0. The van der Waals surface area contributed by atoms with E-state index in [0.29, 0.717) is 24.7 Å². The van der Waals surface area contributed by atoms with Gasteiger partial charge in [0.2, 0.25) is 0 Å². The minimum Gasteiger partial charge on any atom is -0.481 e. The van der Waals surface area contributed by atoms with E-state index in [1.165, 1.54) is 5.57 Å². The van der Waals surface area contributed by atoms with Crippen LogP contribution < -0.4 is 0 Å². The fourth-order valence-electron chi connectivity index (χ4n) is 12.4. The number of carbonyl (C=O) groups is 1. The molecule has 5 fully saturated rings. The maximum Gasteiger partial charge on any atom is 0.310 e. The molecule has 0 unspecified atom stereocenters. The minimum absolute atomic E-state index is 0.0134. The second-order valence-electron chi connectivity index (χ2n) is 17.5. The van der Waals surface area contributed by atoms with Gasteiger partial charge >= 0.3 is 5.97 Å². The molecule has 9 nitrogen and oxygen atoms in total. The average Bonchev–Trinajstić information content (AvgIpc) is 2.96. The molecule has 4 saturated carbocycles. The van der Waals surface area contributed by atoms with E-state index in [-0.39, 0.29) is 33.7 Å². The van der Waals surface area contributed by atoms with Crippen LogP contribution in [0.15, 0.2) is 11.6 Å². The van der Waals surface area contributed by atoms with E-state index in [1.807, 2.05) is 6.92 Å². The summed E-state index contributed by atoms with van der Waals surface area (Å²) in [5, 5.41) is 63.7. The minimum atomic E-state index is -1.47. The van der Waals surface area contributed by atoms with Crippen molar-refractivity contribution in [1.29, 1.82) is 0 Å². The van der Waals surface area contributed by atoms with E-state index in [9.17, 15) is 35.4 Å². The maximum absolute atomic E-state index is 13.0. The molecule has 0 aromatic rings. The van der Waals surface area contributed by atoms with Gasteiger partial charge in [0, 0.05) is 5.92 Å². The Morgan fingerprint density at radius 1 is 0.911 bits per heavy atom. The largest absolute Gasteiger partial charge is 0.481 e. The second-order valence-corrected chi connectivity index (χ2v) is 17.5. The number of aliphatic hydroxyl groups excluding tert-OH is 4. The Hall–Kier alpha value is -1.07. The molecule has 0 spiro atoms. The molecule has 6 aliphatic rings. The van der Waals surface area contributed by atoms with Crippen molar-refractivity contribution in [3.05, 3.63) is 11.6 Å². The molecular formula is C36H58O9.